The van der Waals surface area contributed by atoms with E-state index in [0.717, 1.165) is 10.8 Å². The molecular weight excluding hydrogens is 364 g/mol. The maximum Gasteiger partial charge on any atom is 0.262 e. The summed E-state index contributed by atoms with van der Waals surface area (Å²) in [5.74, 6) is 0.177. The number of nitrogens with one attached hydrogen (secondary N) is 2. The van der Waals surface area contributed by atoms with Crippen molar-refractivity contribution in [3.63, 3.8) is 0 Å². The van der Waals surface area contributed by atoms with E-state index in [0.29, 0.717) is 28.6 Å². The fourth-order valence-corrected chi connectivity index (χ4v) is 2.76. The minimum absolute atomic E-state index is 0.117. The van der Waals surface area contributed by atoms with E-state index < -0.39 is 0 Å². The molecule has 0 saturated heterocycles. The molecule has 0 atom stereocenters. The Bertz CT molecular complexity index is 983. The highest BCUT2D eigenvalue weighted by molar-refractivity contribution is 6.33. The van der Waals surface area contributed by atoms with Crippen LogP contribution in [0.15, 0.2) is 60.7 Å². The molecule has 2 amide bonds. The molecule has 0 aromatic heterocycles. The minimum atomic E-state index is -0.344. The zero-order valence-electron chi connectivity index (χ0n) is 14.8. The van der Waals surface area contributed by atoms with E-state index in [1.807, 2.05) is 42.5 Å². The first-order valence-electron chi connectivity index (χ1n) is 8.56. The van der Waals surface area contributed by atoms with Gasteiger partial charge in [-0.15, -0.1) is 0 Å². The third kappa shape index (κ3) is 4.77. The highest BCUT2D eigenvalue weighted by Crippen LogP contribution is 2.27. The zero-order valence-corrected chi connectivity index (χ0v) is 15.5. The average molecular weight is 383 g/mol. The van der Waals surface area contributed by atoms with Crippen LogP contribution in [0.4, 0.5) is 11.4 Å². The lowest BCUT2D eigenvalue weighted by Crippen LogP contribution is -2.20. The molecule has 0 heterocycles. The van der Waals surface area contributed by atoms with Crippen molar-refractivity contribution in [2.75, 3.05) is 17.2 Å². The lowest BCUT2D eigenvalue weighted by Gasteiger charge is -2.12. The van der Waals surface area contributed by atoms with Crippen LogP contribution in [0.1, 0.15) is 13.3 Å². The summed E-state index contributed by atoms with van der Waals surface area (Å²) in [6, 6.07) is 18.4. The monoisotopic (exact) mass is 382 g/mol. The van der Waals surface area contributed by atoms with Crippen LogP contribution in [-0.2, 0) is 9.59 Å². The number of amides is 2. The van der Waals surface area contributed by atoms with E-state index in [1.165, 1.54) is 0 Å². The second-order valence-electron chi connectivity index (χ2n) is 5.91. The van der Waals surface area contributed by atoms with Crippen LogP contribution in [0.5, 0.6) is 5.75 Å². The van der Waals surface area contributed by atoms with E-state index in [1.54, 1.807) is 25.1 Å². The Labute approximate surface area is 162 Å². The second-order valence-corrected chi connectivity index (χ2v) is 6.32. The Morgan fingerprint density at radius 3 is 2.56 bits per heavy atom. The van der Waals surface area contributed by atoms with Crippen LogP contribution in [0, 0.1) is 0 Å². The predicted molar refractivity (Wildman–Crippen MR) is 108 cm³/mol. The van der Waals surface area contributed by atoms with Crippen LogP contribution < -0.4 is 15.4 Å². The number of ether oxygens (including phenoxy) is 1. The van der Waals surface area contributed by atoms with Gasteiger partial charge in [-0.3, -0.25) is 9.59 Å². The quantitative estimate of drug-likeness (QED) is 0.639. The van der Waals surface area contributed by atoms with Gasteiger partial charge in [-0.05, 0) is 29.7 Å². The summed E-state index contributed by atoms with van der Waals surface area (Å²) in [7, 11) is 0. The van der Waals surface area contributed by atoms with Crippen molar-refractivity contribution < 1.29 is 14.3 Å². The van der Waals surface area contributed by atoms with Crippen molar-refractivity contribution in [2.45, 2.75) is 13.3 Å². The molecule has 0 radical (unpaired) electrons. The first-order chi connectivity index (χ1) is 13.1. The molecule has 3 aromatic rings. The molecule has 3 rings (SSSR count). The van der Waals surface area contributed by atoms with Gasteiger partial charge in [-0.25, -0.2) is 0 Å². The van der Waals surface area contributed by atoms with E-state index >= 15 is 0 Å². The summed E-state index contributed by atoms with van der Waals surface area (Å²) in [6.07, 6.45) is 0.364. The Morgan fingerprint density at radius 1 is 0.963 bits per heavy atom. The van der Waals surface area contributed by atoms with Crippen molar-refractivity contribution in [1.29, 1.82) is 0 Å². The second kappa shape index (κ2) is 8.56. The third-order valence-electron chi connectivity index (χ3n) is 3.95. The topological polar surface area (TPSA) is 67.4 Å². The maximum absolute atomic E-state index is 12.3. The number of hydrogen-bond donors (Lipinski definition) is 2. The number of anilines is 2. The van der Waals surface area contributed by atoms with Crippen LogP contribution >= 0.6 is 11.6 Å². The van der Waals surface area contributed by atoms with E-state index in [4.69, 9.17) is 16.3 Å². The summed E-state index contributed by atoms with van der Waals surface area (Å²) in [4.78, 5) is 23.8. The average Bonchev–Trinajstić information content (AvgIpc) is 2.68. The fourth-order valence-electron chi connectivity index (χ4n) is 2.60. The molecule has 0 unspecified atom stereocenters. The van der Waals surface area contributed by atoms with Crippen molar-refractivity contribution in [3.05, 3.63) is 65.7 Å². The van der Waals surface area contributed by atoms with Crippen LogP contribution in [0.3, 0.4) is 0 Å². The Hall–Kier alpha value is -3.05. The van der Waals surface area contributed by atoms with Gasteiger partial charge >= 0.3 is 0 Å². The number of carbonyl (C=O) groups excluding carboxylic acids is 2. The van der Waals surface area contributed by atoms with Crippen molar-refractivity contribution in [3.8, 4) is 5.75 Å². The van der Waals surface area contributed by atoms with Crippen LogP contribution in [-0.4, -0.2) is 18.4 Å². The van der Waals surface area contributed by atoms with Gasteiger partial charge in [-0.2, -0.15) is 0 Å². The van der Waals surface area contributed by atoms with Gasteiger partial charge in [-0.1, -0.05) is 54.9 Å². The van der Waals surface area contributed by atoms with Gasteiger partial charge in [0.15, 0.2) is 6.61 Å². The standard InChI is InChI=1S/C21H19ClN2O3/c1-2-20(25)23-15-10-11-17(22)18(12-15)24-21(26)13-27-19-9-5-7-14-6-3-4-8-16(14)19/h3-12H,2,13H2,1H3,(H,23,25)(H,24,26). The minimum Gasteiger partial charge on any atom is -0.483 e. The van der Waals surface area contributed by atoms with Crippen molar-refractivity contribution in [2.24, 2.45) is 0 Å². The summed E-state index contributed by atoms with van der Waals surface area (Å²) in [5.41, 5.74) is 0.980. The number of hydrogen-bond acceptors (Lipinski definition) is 3. The van der Waals surface area contributed by atoms with Crippen LogP contribution in [0.2, 0.25) is 5.02 Å². The van der Waals surface area contributed by atoms with Crippen molar-refractivity contribution in [1.82, 2.24) is 0 Å². The molecule has 3 aromatic carbocycles. The highest BCUT2D eigenvalue weighted by Gasteiger charge is 2.10. The molecule has 0 spiro atoms. The summed E-state index contributed by atoms with van der Waals surface area (Å²) >= 11 is 6.14. The molecule has 0 fully saturated rings. The van der Waals surface area contributed by atoms with Gasteiger partial charge in [0.25, 0.3) is 5.91 Å². The number of carbonyl (C=O) groups is 2. The molecule has 27 heavy (non-hydrogen) atoms. The largest absolute Gasteiger partial charge is 0.483 e. The summed E-state index contributed by atoms with van der Waals surface area (Å²) in [5, 5.41) is 7.80. The SMILES string of the molecule is CCC(=O)Nc1ccc(Cl)c(NC(=O)COc2cccc3ccccc23)c1. The molecule has 0 aliphatic carbocycles. The Balaban J connectivity index is 1.67. The van der Waals surface area contributed by atoms with Crippen LogP contribution in [0.25, 0.3) is 10.8 Å². The Kier molecular flexibility index (Phi) is 5.94. The smallest absolute Gasteiger partial charge is 0.262 e. The molecule has 0 bridgehead atoms. The summed E-state index contributed by atoms with van der Waals surface area (Å²) in [6.45, 7) is 1.61. The normalized spacial score (nSPS) is 10.4. The van der Waals surface area contributed by atoms with E-state index in [2.05, 4.69) is 10.6 Å². The first kappa shape index (κ1) is 18.7. The van der Waals surface area contributed by atoms with Gasteiger partial charge in [0.05, 0.1) is 10.7 Å². The van der Waals surface area contributed by atoms with Crippen molar-refractivity contribution >= 4 is 45.6 Å². The molecule has 5 nitrogen and oxygen atoms in total. The highest BCUT2D eigenvalue weighted by atomic mass is 35.5. The molecule has 138 valence electrons. The molecule has 0 aliphatic heterocycles. The molecule has 6 heteroatoms. The lowest BCUT2D eigenvalue weighted by atomic mass is 10.1. The lowest BCUT2D eigenvalue weighted by molar-refractivity contribution is -0.118. The number of rotatable bonds is 6. The summed E-state index contributed by atoms with van der Waals surface area (Å²) < 4.78 is 5.68. The maximum atomic E-state index is 12.3. The molecule has 0 saturated carbocycles. The number of halogens is 1. The number of fused-ring (bicyclic) bond motifs is 1. The molecular formula is C21H19ClN2O3. The van der Waals surface area contributed by atoms with Gasteiger partial charge < -0.3 is 15.4 Å². The Morgan fingerprint density at radius 2 is 1.74 bits per heavy atom. The zero-order chi connectivity index (χ0) is 19.2. The van der Waals surface area contributed by atoms with Gasteiger partial charge in [0.1, 0.15) is 5.75 Å². The molecule has 2 N–H and O–H groups in total. The van der Waals surface area contributed by atoms with E-state index in [-0.39, 0.29) is 18.4 Å². The first-order valence-corrected chi connectivity index (χ1v) is 8.94. The predicted octanol–water partition coefficient (Wildman–Crippen LogP) is 4.86. The number of benzene rings is 3. The molecule has 0 aliphatic rings. The van der Waals surface area contributed by atoms with Gasteiger partial charge in [0.2, 0.25) is 5.91 Å². The third-order valence-corrected chi connectivity index (χ3v) is 4.28. The fraction of sp³-hybridized carbons (Fsp3) is 0.143. The van der Waals surface area contributed by atoms with Gasteiger partial charge in [0, 0.05) is 17.5 Å². The van der Waals surface area contributed by atoms with E-state index in [9.17, 15) is 9.59 Å².